The van der Waals surface area contributed by atoms with Crippen molar-refractivity contribution >= 4 is 0 Å². The molecule has 3 heteroatoms. The van der Waals surface area contributed by atoms with Crippen molar-refractivity contribution in [2.24, 2.45) is 0 Å². The number of nitrogens with one attached hydrogen (secondary N) is 1. The number of rotatable bonds is 7. The fourth-order valence-electron chi connectivity index (χ4n) is 3.54. The van der Waals surface area contributed by atoms with Crippen molar-refractivity contribution in [1.82, 2.24) is 10.3 Å². The lowest BCUT2D eigenvalue weighted by molar-refractivity contribution is -0.0382. The van der Waals surface area contributed by atoms with Crippen molar-refractivity contribution in [2.45, 2.75) is 70.4 Å². The summed E-state index contributed by atoms with van der Waals surface area (Å²) < 4.78 is 5.92. The highest BCUT2D eigenvalue weighted by Gasteiger charge is 2.40. The lowest BCUT2D eigenvalue weighted by Gasteiger charge is -2.42. The number of methoxy groups -OCH3 is 1. The second kappa shape index (κ2) is 7.37. The van der Waals surface area contributed by atoms with E-state index < -0.39 is 0 Å². The Morgan fingerprint density at radius 2 is 2.29 bits per heavy atom. The van der Waals surface area contributed by atoms with Crippen molar-refractivity contribution in [1.29, 1.82) is 0 Å². The van der Waals surface area contributed by atoms with E-state index in [-0.39, 0.29) is 5.60 Å². The standard InChI is InChI=1S/C18H30N2O/c1-5-12-20-17(18(3,6-2)21-4)15-11-7-9-14-10-8-13-19-16(14)15/h8,10,13,15,17,20H,5-7,9,11-12H2,1-4H3. The van der Waals surface area contributed by atoms with Crippen LogP contribution < -0.4 is 5.32 Å². The molecule has 3 atom stereocenters. The van der Waals surface area contributed by atoms with Gasteiger partial charge in [-0.1, -0.05) is 19.9 Å². The Kier molecular flexibility index (Phi) is 5.77. The molecule has 1 aliphatic carbocycles. The van der Waals surface area contributed by atoms with Crippen molar-refractivity contribution in [3.8, 4) is 0 Å². The van der Waals surface area contributed by atoms with Gasteiger partial charge >= 0.3 is 0 Å². The van der Waals surface area contributed by atoms with Gasteiger partial charge in [-0.2, -0.15) is 0 Å². The van der Waals surface area contributed by atoms with Gasteiger partial charge in [0.2, 0.25) is 0 Å². The van der Waals surface area contributed by atoms with Gasteiger partial charge in [0.15, 0.2) is 0 Å². The lowest BCUT2D eigenvalue weighted by Crippen LogP contribution is -2.54. The molecule has 0 aromatic carbocycles. The summed E-state index contributed by atoms with van der Waals surface area (Å²) in [5, 5.41) is 3.76. The zero-order valence-electron chi connectivity index (χ0n) is 14.0. The molecule has 3 nitrogen and oxygen atoms in total. The van der Waals surface area contributed by atoms with Crippen LogP contribution in [0.4, 0.5) is 0 Å². The maximum absolute atomic E-state index is 5.92. The SMILES string of the molecule is CCCNC(C1CCCc2cccnc21)C(C)(CC)OC. The highest BCUT2D eigenvalue weighted by Crippen LogP contribution is 2.38. The van der Waals surface area contributed by atoms with Crippen molar-refractivity contribution in [3.63, 3.8) is 0 Å². The first-order chi connectivity index (χ1) is 10.2. The Balaban J connectivity index is 2.33. The Morgan fingerprint density at radius 1 is 1.48 bits per heavy atom. The molecule has 1 aliphatic rings. The van der Waals surface area contributed by atoms with Gasteiger partial charge < -0.3 is 10.1 Å². The van der Waals surface area contributed by atoms with E-state index in [2.05, 4.69) is 38.2 Å². The molecule has 0 aliphatic heterocycles. The molecule has 0 fully saturated rings. The summed E-state index contributed by atoms with van der Waals surface area (Å²) in [5.74, 6) is 0.450. The molecular formula is C18H30N2O. The van der Waals surface area contributed by atoms with Gasteiger partial charge in [-0.15, -0.1) is 0 Å². The third-order valence-corrected chi connectivity index (χ3v) is 5.08. The van der Waals surface area contributed by atoms with Gasteiger partial charge in [0.05, 0.1) is 5.60 Å². The first-order valence-electron chi connectivity index (χ1n) is 8.38. The van der Waals surface area contributed by atoms with Gasteiger partial charge in [0.25, 0.3) is 0 Å². The molecule has 118 valence electrons. The monoisotopic (exact) mass is 290 g/mol. The van der Waals surface area contributed by atoms with Crippen molar-refractivity contribution < 1.29 is 4.74 Å². The normalized spacial score (nSPS) is 22.4. The predicted molar refractivity (Wildman–Crippen MR) is 87.7 cm³/mol. The van der Waals surface area contributed by atoms with Gasteiger partial charge in [0, 0.05) is 31.0 Å². The van der Waals surface area contributed by atoms with Crippen LogP contribution in [0.3, 0.4) is 0 Å². The number of aromatic nitrogens is 1. The topological polar surface area (TPSA) is 34.2 Å². The zero-order chi connectivity index (χ0) is 15.3. The number of pyridine rings is 1. The largest absolute Gasteiger partial charge is 0.377 e. The zero-order valence-corrected chi connectivity index (χ0v) is 14.0. The number of nitrogens with zero attached hydrogens (tertiary/aromatic N) is 1. The van der Waals surface area contributed by atoms with Gasteiger partial charge in [0.1, 0.15) is 0 Å². The predicted octanol–water partition coefficient (Wildman–Crippen LogP) is 3.68. The summed E-state index contributed by atoms with van der Waals surface area (Å²) in [6, 6.07) is 4.62. The first kappa shape index (κ1) is 16.4. The van der Waals surface area contributed by atoms with Crippen LogP contribution in [0.5, 0.6) is 0 Å². The summed E-state index contributed by atoms with van der Waals surface area (Å²) in [6.45, 7) is 7.69. The molecule has 0 saturated carbocycles. The Labute approximate surface area is 129 Å². The van der Waals surface area contributed by atoms with E-state index in [4.69, 9.17) is 9.72 Å². The van der Waals surface area contributed by atoms with Crippen LogP contribution >= 0.6 is 0 Å². The van der Waals surface area contributed by atoms with Crippen LogP contribution in [0.15, 0.2) is 18.3 Å². The van der Waals surface area contributed by atoms with Crippen LogP contribution in [0, 0.1) is 0 Å². The molecule has 0 saturated heterocycles. The molecule has 0 bridgehead atoms. The summed E-state index contributed by atoms with van der Waals surface area (Å²) in [4.78, 5) is 4.72. The Morgan fingerprint density at radius 3 is 2.95 bits per heavy atom. The molecule has 1 aromatic heterocycles. The molecule has 1 aromatic rings. The molecular weight excluding hydrogens is 260 g/mol. The lowest BCUT2D eigenvalue weighted by atomic mass is 9.75. The molecule has 0 spiro atoms. The molecule has 3 unspecified atom stereocenters. The smallest absolute Gasteiger partial charge is 0.0806 e. The number of hydrogen-bond donors (Lipinski definition) is 1. The van der Waals surface area contributed by atoms with E-state index in [1.807, 2.05) is 13.3 Å². The van der Waals surface area contributed by atoms with Crippen LogP contribution in [0.2, 0.25) is 0 Å². The molecule has 1 heterocycles. The number of ether oxygens (including phenoxy) is 1. The number of hydrogen-bond acceptors (Lipinski definition) is 3. The summed E-state index contributed by atoms with van der Waals surface area (Å²) in [6.07, 6.45) is 7.69. The summed E-state index contributed by atoms with van der Waals surface area (Å²) in [7, 11) is 1.84. The first-order valence-corrected chi connectivity index (χ1v) is 8.38. The molecule has 1 N–H and O–H groups in total. The van der Waals surface area contributed by atoms with Crippen LogP contribution in [0.1, 0.15) is 63.6 Å². The highest BCUT2D eigenvalue weighted by atomic mass is 16.5. The maximum Gasteiger partial charge on any atom is 0.0806 e. The quantitative estimate of drug-likeness (QED) is 0.831. The van der Waals surface area contributed by atoms with E-state index in [1.165, 1.54) is 24.1 Å². The van der Waals surface area contributed by atoms with E-state index in [0.717, 1.165) is 25.8 Å². The van der Waals surface area contributed by atoms with Crippen molar-refractivity contribution in [2.75, 3.05) is 13.7 Å². The van der Waals surface area contributed by atoms with Crippen LogP contribution in [-0.2, 0) is 11.2 Å². The average Bonchev–Trinajstić information content (AvgIpc) is 2.55. The second-order valence-corrected chi connectivity index (χ2v) is 6.35. The third kappa shape index (κ3) is 3.46. The van der Waals surface area contributed by atoms with Crippen LogP contribution in [-0.4, -0.2) is 30.3 Å². The van der Waals surface area contributed by atoms with Crippen LogP contribution in [0.25, 0.3) is 0 Å². The van der Waals surface area contributed by atoms with Gasteiger partial charge in [-0.05, 0) is 57.2 Å². The molecule has 0 radical (unpaired) electrons. The van der Waals surface area contributed by atoms with Gasteiger partial charge in [-0.25, -0.2) is 0 Å². The maximum atomic E-state index is 5.92. The fraction of sp³-hybridized carbons (Fsp3) is 0.722. The second-order valence-electron chi connectivity index (χ2n) is 6.35. The number of aryl methyl sites for hydroxylation is 1. The Bertz CT molecular complexity index is 443. The minimum atomic E-state index is -0.147. The third-order valence-electron chi connectivity index (χ3n) is 5.08. The molecule has 21 heavy (non-hydrogen) atoms. The molecule has 2 rings (SSSR count). The minimum absolute atomic E-state index is 0.147. The number of fused-ring (bicyclic) bond motifs is 1. The summed E-state index contributed by atoms with van der Waals surface area (Å²) in [5.41, 5.74) is 2.56. The summed E-state index contributed by atoms with van der Waals surface area (Å²) >= 11 is 0. The molecule has 0 amide bonds. The van der Waals surface area contributed by atoms with Gasteiger partial charge in [-0.3, -0.25) is 4.98 Å². The fourth-order valence-corrected chi connectivity index (χ4v) is 3.54. The Hall–Kier alpha value is -0.930. The van der Waals surface area contributed by atoms with Crippen molar-refractivity contribution in [3.05, 3.63) is 29.6 Å². The van der Waals surface area contributed by atoms with E-state index in [0.29, 0.717) is 12.0 Å². The van der Waals surface area contributed by atoms with E-state index >= 15 is 0 Å². The average molecular weight is 290 g/mol. The van der Waals surface area contributed by atoms with E-state index in [9.17, 15) is 0 Å². The minimum Gasteiger partial charge on any atom is -0.377 e. The highest BCUT2D eigenvalue weighted by molar-refractivity contribution is 5.28. The van der Waals surface area contributed by atoms with E-state index in [1.54, 1.807) is 0 Å².